The fourth-order valence-electron chi connectivity index (χ4n) is 1.18. The molecule has 2 rings (SSSR count). The summed E-state index contributed by atoms with van der Waals surface area (Å²) >= 11 is 11.6. The van der Waals surface area contributed by atoms with E-state index in [-0.39, 0.29) is 5.60 Å². The van der Waals surface area contributed by atoms with Gasteiger partial charge in [-0.3, -0.25) is 0 Å². The number of alkyl halides is 1. The highest BCUT2D eigenvalue weighted by Gasteiger charge is 2.45. The highest BCUT2D eigenvalue weighted by atomic mass is 35.5. The van der Waals surface area contributed by atoms with E-state index in [0.29, 0.717) is 12.5 Å². The Bertz CT molecular complexity index is 294. The van der Waals surface area contributed by atoms with Crippen LogP contribution in [0.1, 0.15) is 5.56 Å². The molecular weight excluding hydrogens is 195 g/mol. The Morgan fingerprint density at radius 3 is 2.75 bits per heavy atom. The summed E-state index contributed by atoms with van der Waals surface area (Å²) in [6.45, 7) is 0.705. The molecule has 1 aliphatic rings. The highest BCUT2D eigenvalue weighted by molar-refractivity contribution is 6.30. The molecule has 1 aliphatic heterocycles. The Morgan fingerprint density at radius 1 is 1.50 bits per heavy atom. The number of hydrogen-bond acceptors (Lipinski definition) is 1. The number of benzene rings is 1. The quantitative estimate of drug-likeness (QED) is 0.531. The van der Waals surface area contributed by atoms with Gasteiger partial charge in [0.25, 0.3) is 0 Å². The van der Waals surface area contributed by atoms with Crippen molar-refractivity contribution in [3.8, 4) is 0 Å². The molecule has 1 unspecified atom stereocenters. The molecule has 3 heteroatoms. The van der Waals surface area contributed by atoms with E-state index in [1.807, 2.05) is 24.3 Å². The Hall–Kier alpha value is -0.240. The molecule has 1 aromatic rings. The van der Waals surface area contributed by atoms with E-state index < -0.39 is 0 Å². The summed E-state index contributed by atoms with van der Waals surface area (Å²) in [7, 11) is 0. The van der Waals surface area contributed by atoms with E-state index in [2.05, 4.69) is 0 Å². The first kappa shape index (κ1) is 8.36. The molecule has 1 atom stereocenters. The number of hydrogen-bond donors (Lipinski definition) is 0. The molecule has 0 bridgehead atoms. The Kier molecular flexibility index (Phi) is 2.03. The molecule has 1 nitrogen and oxygen atoms in total. The van der Waals surface area contributed by atoms with Crippen molar-refractivity contribution in [3.05, 3.63) is 34.9 Å². The van der Waals surface area contributed by atoms with Gasteiger partial charge in [-0.2, -0.15) is 0 Å². The van der Waals surface area contributed by atoms with Crippen LogP contribution in [0.4, 0.5) is 0 Å². The second-order valence-electron chi connectivity index (χ2n) is 2.93. The summed E-state index contributed by atoms with van der Waals surface area (Å²) in [5.74, 6) is 0.493. The molecule has 0 radical (unpaired) electrons. The van der Waals surface area contributed by atoms with Crippen molar-refractivity contribution in [3.63, 3.8) is 0 Å². The number of rotatable bonds is 2. The SMILES string of the molecule is ClCC1(c2cccc(Cl)c2)CO1. The lowest BCUT2D eigenvalue weighted by atomic mass is 10.0. The van der Waals surface area contributed by atoms with Crippen LogP contribution >= 0.6 is 23.2 Å². The summed E-state index contributed by atoms with van der Waals surface area (Å²) in [5, 5.41) is 0.729. The second kappa shape index (κ2) is 2.91. The van der Waals surface area contributed by atoms with Crippen molar-refractivity contribution in [2.45, 2.75) is 5.60 Å². The molecule has 1 aromatic carbocycles. The summed E-state index contributed by atoms with van der Waals surface area (Å²) in [6, 6.07) is 7.64. The molecule has 1 fully saturated rings. The molecule has 0 aliphatic carbocycles. The Labute approximate surface area is 81.2 Å². The zero-order valence-corrected chi connectivity index (χ0v) is 7.90. The fourth-order valence-corrected chi connectivity index (χ4v) is 1.68. The molecule has 0 saturated carbocycles. The molecule has 12 heavy (non-hydrogen) atoms. The van der Waals surface area contributed by atoms with Crippen molar-refractivity contribution in [2.24, 2.45) is 0 Å². The minimum absolute atomic E-state index is 0.244. The van der Waals surface area contributed by atoms with Crippen LogP contribution < -0.4 is 0 Å². The molecule has 0 amide bonds. The van der Waals surface area contributed by atoms with Gasteiger partial charge in [-0.1, -0.05) is 23.7 Å². The van der Waals surface area contributed by atoms with Crippen LogP contribution in [-0.4, -0.2) is 12.5 Å². The second-order valence-corrected chi connectivity index (χ2v) is 3.63. The topological polar surface area (TPSA) is 12.5 Å². The number of epoxide rings is 1. The largest absolute Gasteiger partial charge is 0.363 e. The first-order valence-electron chi connectivity index (χ1n) is 3.73. The van der Waals surface area contributed by atoms with Gasteiger partial charge in [0.2, 0.25) is 0 Å². The van der Waals surface area contributed by atoms with Gasteiger partial charge in [0.1, 0.15) is 5.60 Å². The molecular formula is C9H8Cl2O. The van der Waals surface area contributed by atoms with Crippen LogP contribution in [0.15, 0.2) is 24.3 Å². The van der Waals surface area contributed by atoms with Crippen LogP contribution in [0.5, 0.6) is 0 Å². The minimum atomic E-state index is -0.244. The number of ether oxygens (including phenoxy) is 1. The monoisotopic (exact) mass is 202 g/mol. The molecule has 0 aromatic heterocycles. The maximum atomic E-state index is 5.84. The molecule has 1 saturated heterocycles. The van der Waals surface area contributed by atoms with Crippen molar-refractivity contribution in [2.75, 3.05) is 12.5 Å². The number of halogens is 2. The van der Waals surface area contributed by atoms with Gasteiger partial charge >= 0.3 is 0 Å². The van der Waals surface area contributed by atoms with Crippen LogP contribution in [0.2, 0.25) is 5.02 Å². The zero-order valence-electron chi connectivity index (χ0n) is 6.39. The van der Waals surface area contributed by atoms with E-state index in [0.717, 1.165) is 10.6 Å². The first-order chi connectivity index (χ1) is 5.77. The lowest BCUT2D eigenvalue weighted by Crippen LogP contribution is -2.09. The van der Waals surface area contributed by atoms with E-state index in [1.165, 1.54) is 0 Å². The van der Waals surface area contributed by atoms with Gasteiger partial charge in [0.05, 0.1) is 12.5 Å². The van der Waals surface area contributed by atoms with E-state index in [9.17, 15) is 0 Å². The Morgan fingerprint density at radius 2 is 2.25 bits per heavy atom. The van der Waals surface area contributed by atoms with Crippen molar-refractivity contribution >= 4 is 23.2 Å². The molecule has 0 spiro atoms. The summed E-state index contributed by atoms with van der Waals surface area (Å²) < 4.78 is 5.30. The van der Waals surface area contributed by atoms with Gasteiger partial charge in [-0.05, 0) is 17.7 Å². The van der Waals surface area contributed by atoms with Gasteiger partial charge in [0, 0.05) is 5.02 Å². The maximum Gasteiger partial charge on any atom is 0.130 e. The van der Waals surface area contributed by atoms with Crippen molar-refractivity contribution in [1.29, 1.82) is 0 Å². The average molecular weight is 203 g/mol. The highest BCUT2D eigenvalue weighted by Crippen LogP contribution is 2.40. The zero-order chi connectivity index (χ0) is 8.60. The van der Waals surface area contributed by atoms with Crippen LogP contribution in [0.3, 0.4) is 0 Å². The van der Waals surface area contributed by atoms with E-state index >= 15 is 0 Å². The summed E-state index contributed by atoms with van der Waals surface area (Å²) in [5.41, 5.74) is 0.830. The van der Waals surface area contributed by atoms with E-state index in [1.54, 1.807) is 0 Å². The molecule has 1 heterocycles. The standard InChI is InChI=1S/C9H8Cl2O/c10-5-9(6-12-9)7-2-1-3-8(11)4-7/h1-4H,5-6H2. The predicted molar refractivity (Wildman–Crippen MR) is 49.8 cm³/mol. The molecule has 64 valence electrons. The predicted octanol–water partition coefficient (Wildman–Crippen LogP) is 2.80. The van der Waals surface area contributed by atoms with E-state index in [4.69, 9.17) is 27.9 Å². The Balaban J connectivity index is 2.34. The lowest BCUT2D eigenvalue weighted by molar-refractivity contribution is 0.332. The summed E-state index contributed by atoms with van der Waals surface area (Å²) in [6.07, 6.45) is 0. The van der Waals surface area contributed by atoms with Gasteiger partial charge < -0.3 is 4.74 Å². The smallest absolute Gasteiger partial charge is 0.130 e. The minimum Gasteiger partial charge on any atom is -0.363 e. The van der Waals surface area contributed by atoms with Gasteiger partial charge in [0.15, 0.2) is 0 Å². The van der Waals surface area contributed by atoms with Crippen molar-refractivity contribution in [1.82, 2.24) is 0 Å². The van der Waals surface area contributed by atoms with Crippen molar-refractivity contribution < 1.29 is 4.74 Å². The van der Waals surface area contributed by atoms with Gasteiger partial charge in [-0.25, -0.2) is 0 Å². The third-order valence-corrected chi connectivity index (χ3v) is 2.73. The normalized spacial score (nSPS) is 27.2. The first-order valence-corrected chi connectivity index (χ1v) is 4.64. The van der Waals surface area contributed by atoms with Gasteiger partial charge in [-0.15, -0.1) is 11.6 Å². The maximum absolute atomic E-state index is 5.84. The van der Waals surface area contributed by atoms with Crippen LogP contribution in [0, 0.1) is 0 Å². The third-order valence-electron chi connectivity index (χ3n) is 2.06. The lowest BCUT2D eigenvalue weighted by Gasteiger charge is -2.07. The van der Waals surface area contributed by atoms with Crippen LogP contribution in [0.25, 0.3) is 0 Å². The summed E-state index contributed by atoms with van der Waals surface area (Å²) in [4.78, 5) is 0. The average Bonchev–Trinajstić information content (AvgIpc) is 2.84. The third kappa shape index (κ3) is 1.33. The fraction of sp³-hybridized carbons (Fsp3) is 0.333. The molecule has 0 N–H and O–H groups in total. The van der Waals surface area contributed by atoms with Crippen LogP contribution in [-0.2, 0) is 10.3 Å².